The number of carbonyl (C=O) groups is 1. The first kappa shape index (κ1) is 12.0. The summed E-state index contributed by atoms with van der Waals surface area (Å²) >= 11 is 0. The van der Waals surface area contributed by atoms with E-state index >= 15 is 0 Å². The molecule has 0 amide bonds. The van der Waals surface area contributed by atoms with E-state index in [0.717, 1.165) is 19.6 Å². The van der Waals surface area contributed by atoms with E-state index in [1.807, 2.05) is 4.90 Å². The highest BCUT2D eigenvalue weighted by atomic mass is 19.1. The summed E-state index contributed by atoms with van der Waals surface area (Å²) in [6.07, 6.45) is 0.897. The lowest BCUT2D eigenvalue weighted by molar-refractivity contribution is 0.101. The number of ketones is 1. The van der Waals surface area contributed by atoms with E-state index in [-0.39, 0.29) is 11.6 Å². The van der Waals surface area contributed by atoms with E-state index in [1.54, 1.807) is 12.1 Å². The molecule has 2 rings (SSSR count). The van der Waals surface area contributed by atoms with Crippen LogP contribution in [0, 0.1) is 5.82 Å². The molecular formula is C13H16FNO2. The third-order valence-corrected chi connectivity index (χ3v) is 2.92. The molecule has 92 valence electrons. The van der Waals surface area contributed by atoms with Crippen molar-refractivity contribution in [2.75, 3.05) is 31.2 Å². The minimum atomic E-state index is -0.334. The molecule has 0 bridgehead atoms. The second-order valence-electron chi connectivity index (χ2n) is 4.18. The quantitative estimate of drug-likeness (QED) is 0.739. The first-order valence-corrected chi connectivity index (χ1v) is 5.81. The molecule has 17 heavy (non-hydrogen) atoms. The fourth-order valence-corrected chi connectivity index (χ4v) is 1.97. The summed E-state index contributed by atoms with van der Waals surface area (Å²) in [4.78, 5) is 13.1. The van der Waals surface area contributed by atoms with E-state index in [1.165, 1.54) is 13.0 Å². The third-order valence-electron chi connectivity index (χ3n) is 2.92. The molecule has 1 fully saturated rings. The molecule has 0 spiro atoms. The second kappa shape index (κ2) is 5.27. The number of rotatable bonds is 2. The van der Waals surface area contributed by atoms with Crippen LogP contribution < -0.4 is 4.90 Å². The van der Waals surface area contributed by atoms with Gasteiger partial charge in [0.15, 0.2) is 5.78 Å². The molecule has 0 atom stereocenters. The van der Waals surface area contributed by atoms with Gasteiger partial charge in [0.05, 0.1) is 12.3 Å². The van der Waals surface area contributed by atoms with Crippen molar-refractivity contribution in [2.45, 2.75) is 13.3 Å². The van der Waals surface area contributed by atoms with Crippen LogP contribution >= 0.6 is 0 Å². The third kappa shape index (κ3) is 2.82. The van der Waals surface area contributed by atoms with Crippen LogP contribution in [0.5, 0.6) is 0 Å². The molecule has 4 heteroatoms. The molecule has 0 saturated carbocycles. The number of benzene rings is 1. The predicted octanol–water partition coefficient (Wildman–Crippen LogP) is 2.26. The molecule has 0 unspecified atom stereocenters. The highest BCUT2D eigenvalue weighted by Crippen LogP contribution is 2.21. The van der Waals surface area contributed by atoms with Crippen molar-refractivity contribution in [3.63, 3.8) is 0 Å². The van der Waals surface area contributed by atoms with Crippen molar-refractivity contribution in [2.24, 2.45) is 0 Å². The SMILES string of the molecule is CC(=O)c1ccc(N2CCCOCC2)c(F)c1. The number of halogens is 1. The summed E-state index contributed by atoms with van der Waals surface area (Å²) in [6, 6.07) is 4.66. The first-order chi connectivity index (χ1) is 8.18. The Kier molecular flexibility index (Phi) is 3.74. The number of ether oxygens (including phenoxy) is 1. The normalized spacial score (nSPS) is 16.7. The highest BCUT2D eigenvalue weighted by Gasteiger charge is 2.14. The monoisotopic (exact) mass is 237 g/mol. The van der Waals surface area contributed by atoms with Gasteiger partial charge in [0.2, 0.25) is 0 Å². The number of nitrogens with zero attached hydrogens (tertiary/aromatic N) is 1. The molecule has 0 N–H and O–H groups in total. The van der Waals surface area contributed by atoms with Gasteiger partial charge in [0, 0.05) is 25.3 Å². The highest BCUT2D eigenvalue weighted by molar-refractivity contribution is 5.94. The minimum Gasteiger partial charge on any atom is -0.380 e. The Morgan fingerprint density at radius 2 is 2.18 bits per heavy atom. The van der Waals surface area contributed by atoms with Crippen LogP contribution in [0.15, 0.2) is 18.2 Å². The molecule has 0 radical (unpaired) electrons. The summed E-state index contributed by atoms with van der Waals surface area (Å²) in [5, 5.41) is 0. The lowest BCUT2D eigenvalue weighted by Crippen LogP contribution is -2.26. The molecular weight excluding hydrogens is 221 g/mol. The topological polar surface area (TPSA) is 29.5 Å². The van der Waals surface area contributed by atoms with E-state index in [4.69, 9.17) is 4.74 Å². The van der Waals surface area contributed by atoms with Gasteiger partial charge in [-0.2, -0.15) is 0 Å². The Morgan fingerprint density at radius 3 is 2.88 bits per heavy atom. The molecule has 0 aliphatic carbocycles. The first-order valence-electron chi connectivity index (χ1n) is 5.81. The summed E-state index contributed by atoms with van der Waals surface area (Å²) in [6.45, 7) is 4.26. The average Bonchev–Trinajstić information content (AvgIpc) is 2.57. The van der Waals surface area contributed by atoms with E-state index < -0.39 is 0 Å². The number of carbonyl (C=O) groups excluding carboxylic acids is 1. The van der Waals surface area contributed by atoms with E-state index in [2.05, 4.69) is 0 Å². The van der Waals surface area contributed by atoms with Crippen molar-refractivity contribution in [1.29, 1.82) is 0 Å². The molecule has 3 nitrogen and oxygen atoms in total. The van der Waals surface area contributed by atoms with Crippen LogP contribution in [0.25, 0.3) is 0 Å². The van der Waals surface area contributed by atoms with Crippen LogP contribution in [0.2, 0.25) is 0 Å². The van der Waals surface area contributed by atoms with Crippen molar-refractivity contribution in [1.82, 2.24) is 0 Å². The summed E-state index contributed by atoms with van der Waals surface area (Å²) in [7, 11) is 0. The van der Waals surface area contributed by atoms with Gasteiger partial charge in [-0.05, 0) is 31.5 Å². The second-order valence-corrected chi connectivity index (χ2v) is 4.18. The van der Waals surface area contributed by atoms with Crippen LogP contribution in [0.3, 0.4) is 0 Å². The largest absolute Gasteiger partial charge is 0.380 e. The zero-order valence-electron chi connectivity index (χ0n) is 9.91. The van der Waals surface area contributed by atoms with E-state index in [0.29, 0.717) is 24.4 Å². The van der Waals surface area contributed by atoms with Gasteiger partial charge in [0.25, 0.3) is 0 Å². The number of hydrogen-bond acceptors (Lipinski definition) is 3. The van der Waals surface area contributed by atoms with Crippen molar-refractivity contribution < 1.29 is 13.9 Å². The summed E-state index contributed by atoms with van der Waals surface area (Å²) in [5.74, 6) is -0.450. The van der Waals surface area contributed by atoms with Crippen molar-refractivity contribution in [3.05, 3.63) is 29.6 Å². The standard InChI is InChI=1S/C13H16FNO2/c1-10(16)11-3-4-13(12(14)9-11)15-5-2-7-17-8-6-15/h3-4,9H,2,5-8H2,1H3. The van der Waals surface area contributed by atoms with Gasteiger partial charge in [0.1, 0.15) is 5.82 Å². The lowest BCUT2D eigenvalue weighted by atomic mass is 10.1. The van der Waals surface area contributed by atoms with Crippen LogP contribution in [-0.4, -0.2) is 32.1 Å². The molecule has 1 saturated heterocycles. The van der Waals surface area contributed by atoms with Crippen LogP contribution in [0.1, 0.15) is 23.7 Å². The summed E-state index contributed by atoms with van der Waals surface area (Å²) in [5.41, 5.74) is 0.970. The number of anilines is 1. The molecule has 1 aliphatic heterocycles. The Labute approximate surface area is 100 Å². The number of Topliss-reactive ketones (excluding diaryl/α,β-unsaturated/α-hetero) is 1. The maximum Gasteiger partial charge on any atom is 0.159 e. The van der Waals surface area contributed by atoms with Crippen molar-refractivity contribution in [3.8, 4) is 0 Å². The van der Waals surface area contributed by atoms with Crippen molar-refractivity contribution >= 4 is 11.5 Å². The minimum absolute atomic E-state index is 0.116. The Morgan fingerprint density at radius 1 is 1.35 bits per heavy atom. The fraction of sp³-hybridized carbons (Fsp3) is 0.462. The molecule has 1 aliphatic rings. The molecule has 0 aromatic heterocycles. The van der Waals surface area contributed by atoms with Gasteiger partial charge in [-0.1, -0.05) is 0 Å². The zero-order valence-corrected chi connectivity index (χ0v) is 9.91. The number of hydrogen-bond donors (Lipinski definition) is 0. The Hall–Kier alpha value is -1.42. The Balaban J connectivity index is 2.22. The molecule has 1 aromatic rings. The van der Waals surface area contributed by atoms with Gasteiger partial charge in [-0.25, -0.2) is 4.39 Å². The summed E-state index contributed by atoms with van der Waals surface area (Å²) < 4.78 is 19.2. The van der Waals surface area contributed by atoms with E-state index in [9.17, 15) is 9.18 Å². The maximum atomic E-state index is 13.9. The van der Waals surface area contributed by atoms with Gasteiger partial charge in [-0.15, -0.1) is 0 Å². The maximum absolute atomic E-state index is 13.9. The van der Waals surface area contributed by atoms with Gasteiger partial charge >= 0.3 is 0 Å². The van der Waals surface area contributed by atoms with Crippen LogP contribution in [-0.2, 0) is 4.74 Å². The predicted molar refractivity (Wildman–Crippen MR) is 64.1 cm³/mol. The lowest BCUT2D eigenvalue weighted by Gasteiger charge is -2.22. The smallest absolute Gasteiger partial charge is 0.159 e. The molecule has 1 heterocycles. The van der Waals surface area contributed by atoms with Gasteiger partial charge < -0.3 is 9.64 Å². The zero-order chi connectivity index (χ0) is 12.3. The Bertz CT molecular complexity index is 412. The fourth-order valence-electron chi connectivity index (χ4n) is 1.97. The van der Waals surface area contributed by atoms with Gasteiger partial charge in [-0.3, -0.25) is 4.79 Å². The van der Waals surface area contributed by atoms with Crippen LogP contribution in [0.4, 0.5) is 10.1 Å². The average molecular weight is 237 g/mol. The molecule has 1 aromatic carbocycles.